The van der Waals surface area contributed by atoms with Gasteiger partial charge in [0.15, 0.2) is 0 Å². The molecule has 0 bridgehead atoms. The number of primary amides is 1. The molecule has 0 saturated carbocycles. The van der Waals surface area contributed by atoms with Crippen LogP contribution < -0.4 is 11.2 Å². The molecule has 0 aromatic carbocycles. The molecular weight excluding hydrogens is 142 g/mol. The molecule has 5 heteroatoms. The number of carbonyl (C=O) groups is 1. The Morgan fingerprint density at radius 1 is 1.89 bits per heavy atom. The predicted octanol–water partition coefficient (Wildman–Crippen LogP) is 0.269. The quantitative estimate of drug-likeness (QED) is 0.330. The van der Waals surface area contributed by atoms with Crippen molar-refractivity contribution in [2.75, 3.05) is 5.88 Å². The summed E-state index contributed by atoms with van der Waals surface area (Å²) >= 11 is 5.31. The lowest BCUT2D eigenvalue weighted by Gasteiger charge is -1.92. The van der Waals surface area contributed by atoms with Crippen LogP contribution in [0.2, 0.25) is 0 Å². The first kappa shape index (κ1) is 8.23. The number of hydrazone groups is 1. The maximum Gasteiger partial charge on any atom is 0.332 e. The summed E-state index contributed by atoms with van der Waals surface area (Å²) in [5.74, 6) is 0.292. The highest BCUT2D eigenvalue weighted by Crippen LogP contribution is 1.78. The van der Waals surface area contributed by atoms with Gasteiger partial charge in [0, 0.05) is 0 Å². The fourth-order valence-corrected chi connectivity index (χ4v) is 0.240. The van der Waals surface area contributed by atoms with E-state index >= 15 is 0 Å². The van der Waals surface area contributed by atoms with Crippen LogP contribution in [-0.4, -0.2) is 17.6 Å². The van der Waals surface area contributed by atoms with E-state index in [2.05, 4.69) is 5.10 Å². The van der Waals surface area contributed by atoms with E-state index in [1.807, 2.05) is 5.43 Å². The molecule has 52 valence electrons. The van der Waals surface area contributed by atoms with Gasteiger partial charge in [0.2, 0.25) is 0 Å². The number of nitrogens with zero attached hydrogens (tertiary/aromatic N) is 1. The van der Waals surface area contributed by atoms with Gasteiger partial charge in [-0.1, -0.05) is 0 Å². The second kappa shape index (κ2) is 4.14. The molecule has 0 atom stereocenters. The number of nitrogens with two attached hydrogens (primary N) is 1. The fourth-order valence-electron chi connectivity index (χ4n) is 0.180. The van der Waals surface area contributed by atoms with Crippen molar-refractivity contribution in [1.82, 2.24) is 5.43 Å². The minimum absolute atomic E-state index is 0.292. The van der Waals surface area contributed by atoms with E-state index in [-0.39, 0.29) is 0 Å². The highest BCUT2D eigenvalue weighted by Gasteiger charge is 1.87. The Bertz CT molecular complexity index is 134. The lowest BCUT2D eigenvalue weighted by atomic mass is 10.5. The third kappa shape index (κ3) is 5.10. The minimum atomic E-state index is -0.681. The van der Waals surface area contributed by atoms with E-state index < -0.39 is 6.03 Å². The number of hydrogen-bond donors (Lipinski definition) is 2. The Labute approximate surface area is 58.1 Å². The number of carbonyl (C=O) groups excluding carboxylic acids is 1. The summed E-state index contributed by atoms with van der Waals surface area (Å²) in [4.78, 5) is 9.98. The monoisotopic (exact) mass is 149 g/mol. The van der Waals surface area contributed by atoms with Gasteiger partial charge in [-0.3, -0.25) is 0 Å². The van der Waals surface area contributed by atoms with Gasteiger partial charge >= 0.3 is 6.03 Å². The molecule has 0 radical (unpaired) electrons. The van der Waals surface area contributed by atoms with E-state index in [4.69, 9.17) is 17.3 Å². The number of hydrogen-bond acceptors (Lipinski definition) is 2. The highest BCUT2D eigenvalue weighted by molar-refractivity contribution is 6.28. The molecule has 0 heterocycles. The van der Waals surface area contributed by atoms with Crippen LogP contribution in [0.25, 0.3) is 0 Å². The first-order chi connectivity index (χ1) is 4.16. The van der Waals surface area contributed by atoms with Gasteiger partial charge in [-0.2, -0.15) is 5.10 Å². The van der Waals surface area contributed by atoms with Crippen molar-refractivity contribution in [2.24, 2.45) is 10.8 Å². The van der Waals surface area contributed by atoms with Gasteiger partial charge in [-0.25, -0.2) is 10.2 Å². The SMILES string of the molecule is C/C(CCl)=N\NC(N)=O. The first-order valence-electron chi connectivity index (χ1n) is 2.31. The molecule has 0 aliphatic carbocycles. The smallest absolute Gasteiger partial charge is 0.332 e. The van der Waals surface area contributed by atoms with Crippen LogP contribution in [-0.2, 0) is 0 Å². The van der Waals surface area contributed by atoms with Crippen LogP contribution in [0, 0.1) is 0 Å². The first-order valence-corrected chi connectivity index (χ1v) is 2.85. The van der Waals surface area contributed by atoms with Crippen molar-refractivity contribution < 1.29 is 4.79 Å². The summed E-state index contributed by atoms with van der Waals surface area (Å²) in [5.41, 5.74) is 7.35. The number of nitrogens with one attached hydrogen (secondary N) is 1. The van der Waals surface area contributed by atoms with Crippen LogP contribution in [0.4, 0.5) is 4.79 Å². The number of halogens is 1. The standard InChI is InChI=1S/C4H8ClN3O/c1-3(2-5)7-8-4(6)9/h2H2,1H3,(H3,6,8,9)/b7-3+. The van der Waals surface area contributed by atoms with Gasteiger partial charge in [0.05, 0.1) is 11.6 Å². The van der Waals surface area contributed by atoms with Crippen molar-refractivity contribution in [3.05, 3.63) is 0 Å². The fraction of sp³-hybridized carbons (Fsp3) is 0.500. The summed E-state index contributed by atoms with van der Waals surface area (Å²) in [6.07, 6.45) is 0. The van der Waals surface area contributed by atoms with Crippen molar-refractivity contribution in [2.45, 2.75) is 6.92 Å². The molecular formula is C4H8ClN3O. The maximum atomic E-state index is 9.98. The Morgan fingerprint density at radius 2 is 2.44 bits per heavy atom. The van der Waals surface area contributed by atoms with E-state index in [9.17, 15) is 4.79 Å². The third-order valence-electron chi connectivity index (χ3n) is 0.550. The van der Waals surface area contributed by atoms with Crippen LogP contribution in [0.1, 0.15) is 6.92 Å². The normalized spacial score (nSPS) is 11.1. The Balaban J connectivity index is 3.56. The molecule has 2 amide bonds. The average molecular weight is 150 g/mol. The van der Waals surface area contributed by atoms with Crippen molar-refractivity contribution in [3.63, 3.8) is 0 Å². The van der Waals surface area contributed by atoms with Gasteiger partial charge in [0.1, 0.15) is 0 Å². The van der Waals surface area contributed by atoms with E-state index in [0.717, 1.165) is 0 Å². The third-order valence-corrected chi connectivity index (χ3v) is 0.937. The number of amides is 2. The van der Waals surface area contributed by atoms with Crippen LogP contribution in [0.3, 0.4) is 0 Å². The predicted molar refractivity (Wildman–Crippen MR) is 36.5 cm³/mol. The number of alkyl halides is 1. The summed E-state index contributed by atoms with van der Waals surface area (Å²) in [5, 5.41) is 3.50. The zero-order valence-electron chi connectivity index (χ0n) is 5.02. The molecule has 9 heavy (non-hydrogen) atoms. The molecule has 0 spiro atoms. The van der Waals surface area contributed by atoms with E-state index in [1.165, 1.54) is 0 Å². The summed E-state index contributed by atoms with van der Waals surface area (Å²) < 4.78 is 0. The van der Waals surface area contributed by atoms with Crippen LogP contribution in [0.5, 0.6) is 0 Å². The Hall–Kier alpha value is -0.770. The van der Waals surface area contributed by atoms with Crippen molar-refractivity contribution in [3.8, 4) is 0 Å². The lowest BCUT2D eigenvalue weighted by Crippen LogP contribution is -2.25. The summed E-state index contributed by atoms with van der Waals surface area (Å²) in [7, 11) is 0. The summed E-state index contributed by atoms with van der Waals surface area (Å²) in [6.45, 7) is 1.68. The second-order valence-corrected chi connectivity index (χ2v) is 1.72. The van der Waals surface area contributed by atoms with Crippen LogP contribution in [0.15, 0.2) is 5.10 Å². The Morgan fingerprint density at radius 3 is 2.78 bits per heavy atom. The lowest BCUT2D eigenvalue weighted by molar-refractivity contribution is 0.249. The Kier molecular flexibility index (Phi) is 3.79. The minimum Gasteiger partial charge on any atom is -0.350 e. The van der Waals surface area contributed by atoms with E-state index in [0.29, 0.717) is 11.6 Å². The zero-order chi connectivity index (χ0) is 7.28. The molecule has 3 N–H and O–H groups in total. The molecule has 0 aromatic rings. The largest absolute Gasteiger partial charge is 0.350 e. The van der Waals surface area contributed by atoms with Gasteiger partial charge < -0.3 is 5.73 Å². The average Bonchev–Trinajstić information content (AvgIpc) is 1.83. The van der Waals surface area contributed by atoms with Crippen LogP contribution >= 0.6 is 11.6 Å². The van der Waals surface area contributed by atoms with Gasteiger partial charge in [0.25, 0.3) is 0 Å². The molecule has 0 saturated heterocycles. The molecule has 0 aliphatic rings. The number of rotatable bonds is 2. The zero-order valence-corrected chi connectivity index (χ0v) is 5.77. The molecule has 0 unspecified atom stereocenters. The van der Waals surface area contributed by atoms with Gasteiger partial charge in [-0.05, 0) is 6.92 Å². The second-order valence-electron chi connectivity index (χ2n) is 1.46. The highest BCUT2D eigenvalue weighted by atomic mass is 35.5. The summed E-state index contributed by atoms with van der Waals surface area (Å²) in [6, 6.07) is -0.681. The van der Waals surface area contributed by atoms with Gasteiger partial charge in [-0.15, -0.1) is 11.6 Å². The molecule has 0 aliphatic heterocycles. The number of urea groups is 1. The van der Waals surface area contributed by atoms with E-state index in [1.54, 1.807) is 6.92 Å². The van der Waals surface area contributed by atoms with Crippen molar-refractivity contribution in [1.29, 1.82) is 0 Å². The molecule has 0 rings (SSSR count). The molecule has 4 nitrogen and oxygen atoms in total. The molecule has 0 aromatic heterocycles. The maximum absolute atomic E-state index is 9.98. The molecule has 0 fully saturated rings. The topological polar surface area (TPSA) is 67.5 Å². The van der Waals surface area contributed by atoms with Crippen molar-refractivity contribution >= 4 is 23.3 Å².